The van der Waals surface area contributed by atoms with Gasteiger partial charge in [0.05, 0.1) is 13.2 Å². The molecule has 0 unspecified atom stereocenters. The van der Waals surface area contributed by atoms with Gasteiger partial charge in [-0.2, -0.15) is 0 Å². The minimum absolute atomic E-state index is 0.00980. The van der Waals surface area contributed by atoms with Crippen LogP contribution in [0.15, 0.2) is 48.5 Å². The average Bonchev–Trinajstić information content (AvgIpc) is 2.72. The molecule has 3 rings (SSSR count). The fraction of sp³-hybridized carbons (Fsp3) is 0.381. The van der Waals surface area contributed by atoms with Crippen LogP contribution in [0.25, 0.3) is 0 Å². The lowest BCUT2D eigenvalue weighted by Gasteiger charge is -2.28. The van der Waals surface area contributed by atoms with Gasteiger partial charge in [-0.1, -0.05) is 23.7 Å². The predicted octanol–water partition coefficient (Wildman–Crippen LogP) is 3.30. The molecule has 1 heterocycles. The van der Waals surface area contributed by atoms with Gasteiger partial charge in [-0.15, -0.1) is 0 Å². The maximum Gasteiger partial charge on any atom is 0.257 e. The fourth-order valence-electron chi connectivity index (χ4n) is 2.95. The van der Waals surface area contributed by atoms with E-state index in [1.54, 1.807) is 24.3 Å². The summed E-state index contributed by atoms with van der Waals surface area (Å²) in [6, 6.07) is 15.6. The van der Waals surface area contributed by atoms with Gasteiger partial charge in [-0.3, -0.25) is 4.79 Å². The molecule has 0 atom stereocenters. The lowest BCUT2D eigenvalue weighted by molar-refractivity contribution is -0.123. The van der Waals surface area contributed by atoms with Gasteiger partial charge in [0.1, 0.15) is 5.75 Å². The van der Waals surface area contributed by atoms with E-state index in [9.17, 15) is 4.79 Å². The molecule has 1 saturated heterocycles. The van der Waals surface area contributed by atoms with Gasteiger partial charge in [0.15, 0.2) is 6.61 Å². The summed E-state index contributed by atoms with van der Waals surface area (Å²) in [5, 5.41) is 3.53. The van der Waals surface area contributed by atoms with Crippen molar-refractivity contribution in [1.82, 2.24) is 5.32 Å². The first-order valence-corrected chi connectivity index (χ1v) is 9.65. The Morgan fingerprint density at radius 3 is 2.48 bits per heavy atom. The molecule has 27 heavy (non-hydrogen) atoms. The summed E-state index contributed by atoms with van der Waals surface area (Å²) >= 11 is 5.82. The van der Waals surface area contributed by atoms with Crippen molar-refractivity contribution in [3.63, 3.8) is 0 Å². The minimum Gasteiger partial charge on any atom is -0.484 e. The van der Waals surface area contributed by atoms with Gasteiger partial charge in [0.25, 0.3) is 5.91 Å². The number of amides is 1. The van der Waals surface area contributed by atoms with Crippen LogP contribution < -0.4 is 15.0 Å². The van der Waals surface area contributed by atoms with Crippen molar-refractivity contribution in [3.05, 3.63) is 59.1 Å². The molecule has 2 aromatic carbocycles. The van der Waals surface area contributed by atoms with Crippen molar-refractivity contribution < 1.29 is 14.3 Å². The van der Waals surface area contributed by atoms with Crippen LogP contribution in [0.4, 0.5) is 5.69 Å². The Balaban J connectivity index is 1.32. The highest BCUT2D eigenvalue weighted by Crippen LogP contribution is 2.17. The summed E-state index contributed by atoms with van der Waals surface area (Å²) in [4.78, 5) is 14.2. The molecule has 1 fully saturated rings. The Morgan fingerprint density at radius 2 is 1.78 bits per heavy atom. The van der Waals surface area contributed by atoms with Gasteiger partial charge >= 0.3 is 0 Å². The maximum absolute atomic E-state index is 11.8. The summed E-state index contributed by atoms with van der Waals surface area (Å²) < 4.78 is 10.8. The fourth-order valence-corrected chi connectivity index (χ4v) is 3.07. The first kappa shape index (κ1) is 19.5. The number of nitrogens with zero attached hydrogens (tertiary/aromatic N) is 1. The molecular weight excluding hydrogens is 364 g/mol. The molecule has 0 aromatic heterocycles. The number of anilines is 1. The van der Waals surface area contributed by atoms with E-state index in [1.807, 2.05) is 0 Å². The van der Waals surface area contributed by atoms with Crippen LogP contribution in [0.2, 0.25) is 5.02 Å². The second-order valence-corrected chi connectivity index (χ2v) is 6.90. The predicted molar refractivity (Wildman–Crippen MR) is 108 cm³/mol. The molecule has 144 valence electrons. The highest BCUT2D eigenvalue weighted by Gasteiger charge is 2.10. The highest BCUT2D eigenvalue weighted by molar-refractivity contribution is 6.30. The number of rotatable bonds is 8. The molecule has 0 aliphatic carbocycles. The zero-order valence-corrected chi connectivity index (χ0v) is 16.1. The van der Waals surface area contributed by atoms with E-state index >= 15 is 0 Å². The van der Waals surface area contributed by atoms with E-state index < -0.39 is 0 Å². The number of carbonyl (C=O) groups is 1. The standard InChI is InChI=1S/C21H25ClN2O3/c22-18-5-9-20(10-6-18)27-16-21(25)23-11-1-2-17-3-7-19(8-4-17)24-12-14-26-15-13-24/h3-10H,1-2,11-16H2,(H,23,25). The van der Waals surface area contributed by atoms with E-state index in [1.165, 1.54) is 11.3 Å². The summed E-state index contributed by atoms with van der Waals surface area (Å²) in [7, 11) is 0. The van der Waals surface area contributed by atoms with Crippen molar-refractivity contribution in [1.29, 1.82) is 0 Å². The number of nitrogens with one attached hydrogen (secondary N) is 1. The third-order valence-electron chi connectivity index (χ3n) is 4.46. The number of carbonyl (C=O) groups excluding carboxylic acids is 1. The van der Waals surface area contributed by atoms with Gasteiger partial charge in [-0.05, 0) is 54.8 Å². The number of halogens is 1. The molecule has 1 aliphatic rings. The Kier molecular flexibility index (Phi) is 7.36. The van der Waals surface area contributed by atoms with Gasteiger partial charge in [0, 0.05) is 30.3 Å². The van der Waals surface area contributed by atoms with Crippen LogP contribution in [0, 0.1) is 0 Å². The van der Waals surface area contributed by atoms with Crippen molar-refractivity contribution in [3.8, 4) is 5.75 Å². The zero-order chi connectivity index (χ0) is 18.9. The van der Waals surface area contributed by atoms with E-state index in [4.69, 9.17) is 21.1 Å². The van der Waals surface area contributed by atoms with Gasteiger partial charge in [0.2, 0.25) is 0 Å². The van der Waals surface area contributed by atoms with Crippen molar-refractivity contribution in [2.45, 2.75) is 12.8 Å². The van der Waals surface area contributed by atoms with Crippen molar-refractivity contribution >= 4 is 23.2 Å². The normalized spacial score (nSPS) is 14.0. The summed E-state index contributed by atoms with van der Waals surface area (Å²) in [6.07, 6.45) is 1.82. The second-order valence-electron chi connectivity index (χ2n) is 6.46. The monoisotopic (exact) mass is 388 g/mol. The van der Waals surface area contributed by atoms with Crippen molar-refractivity contribution in [2.75, 3.05) is 44.4 Å². The van der Waals surface area contributed by atoms with Crippen LogP contribution in [-0.4, -0.2) is 45.4 Å². The van der Waals surface area contributed by atoms with E-state index in [0.717, 1.165) is 39.1 Å². The number of morpholine rings is 1. The first-order valence-electron chi connectivity index (χ1n) is 9.27. The Labute approximate surface area is 165 Å². The van der Waals surface area contributed by atoms with Crippen LogP contribution in [0.1, 0.15) is 12.0 Å². The summed E-state index contributed by atoms with van der Waals surface area (Å²) in [5.41, 5.74) is 2.52. The molecule has 1 amide bonds. The summed E-state index contributed by atoms with van der Waals surface area (Å²) in [5.74, 6) is 0.516. The number of hydrogen-bond donors (Lipinski definition) is 1. The lowest BCUT2D eigenvalue weighted by atomic mass is 10.1. The van der Waals surface area contributed by atoms with Crippen LogP contribution in [-0.2, 0) is 16.0 Å². The molecule has 1 N–H and O–H groups in total. The lowest BCUT2D eigenvalue weighted by Crippen LogP contribution is -2.36. The Hall–Kier alpha value is -2.24. The maximum atomic E-state index is 11.8. The smallest absolute Gasteiger partial charge is 0.257 e. The van der Waals surface area contributed by atoms with Crippen molar-refractivity contribution in [2.24, 2.45) is 0 Å². The molecule has 0 saturated carbocycles. The largest absolute Gasteiger partial charge is 0.484 e. The van der Waals surface area contributed by atoms with Crippen LogP contribution in [0.5, 0.6) is 5.75 Å². The quantitative estimate of drug-likeness (QED) is 0.705. The molecule has 0 radical (unpaired) electrons. The third-order valence-corrected chi connectivity index (χ3v) is 4.71. The number of aryl methyl sites for hydroxylation is 1. The average molecular weight is 389 g/mol. The zero-order valence-electron chi connectivity index (χ0n) is 15.3. The van der Waals surface area contributed by atoms with E-state index in [0.29, 0.717) is 17.3 Å². The first-order chi connectivity index (χ1) is 13.2. The molecule has 1 aliphatic heterocycles. The third kappa shape index (κ3) is 6.45. The molecule has 2 aromatic rings. The number of benzene rings is 2. The number of ether oxygens (including phenoxy) is 2. The van der Waals surface area contributed by atoms with E-state index in [2.05, 4.69) is 34.5 Å². The molecular formula is C21H25ClN2O3. The SMILES string of the molecule is O=C(COc1ccc(Cl)cc1)NCCCc1ccc(N2CCOCC2)cc1. The molecule has 5 nitrogen and oxygen atoms in total. The molecule has 6 heteroatoms. The van der Waals surface area contributed by atoms with Gasteiger partial charge < -0.3 is 19.7 Å². The van der Waals surface area contributed by atoms with Crippen LogP contribution >= 0.6 is 11.6 Å². The minimum atomic E-state index is -0.118. The Bertz CT molecular complexity index is 713. The summed E-state index contributed by atoms with van der Waals surface area (Å²) in [6.45, 7) is 4.13. The molecule has 0 spiro atoms. The number of hydrogen-bond acceptors (Lipinski definition) is 4. The topological polar surface area (TPSA) is 50.8 Å². The Morgan fingerprint density at radius 1 is 1.07 bits per heavy atom. The van der Waals surface area contributed by atoms with Crippen LogP contribution in [0.3, 0.4) is 0 Å². The second kappa shape index (κ2) is 10.2. The van der Waals surface area contributed by atoms with Gasteiger partial charge in [-0.25, -0.2) is 0 Å². The molecule has 0 bridgehead atoms. The van der Waals surface area contributed by atoms with E-state index in [-0.39, 0.29) is 12.5 Å². The highest BCUT2D eigenvalue weighted by atomic mass is 35.5.